The lowest BCUT2D eigenvalue weighted by molar-refractivity contribution is 0.361. The normalized spacial score (nSPS) is 10.6. The van der Waals surface area contributed by atoms with Gasteiger partial charge in [0, 0.05) is 17.3 Å². The number of hydrogen-bond donors (Lipinski definition) is 1. The molecule has 4 heteroatoms. The first kappa shape index (κ1) is 10.4. The van der Waals surface area contributed by atoms with Gasteiger partial charge in [0.2, 0.25) is 0 Å². The van der Waals surface area contributed by atoms with Crippen molar-refractivity contribution in [3.63, 3.8) is 0 Å². The van der Waals surface area contributed by atoms with E-state index in [-0.39, 0.29) is 0 Å². The highest BCUT2D eigenvalue weighted by atomic mass is 79.9. The largest absolute Gasteiger partial charge is 0.488 e. The topological polar surface area (TPSA) is 35.2 Å². The SMILES string of the molecule is Nc1ccc(Br)c(OC/C=C/Cl)c1. The summed E-state index contributed by atoms with van der Waals surface area (Å²) in [4.78, 5) is 0. The van der Waals surface area contributed by atoms with Gasteiger partial charge in [-0.3, -0.25) is 0 Å². The molecule has 0 spiro atoms. The second kappa shape index (κ2) is 5.14. The molecule has 0 atom stereocenters. The van der Waals surface area contributed by atoms with Gasteiger partial charge in [0.05, 0.1) is 4.47 Å². The first-order chi connectivity index (χ1) is 6.24. The van der Waals surface area contributed by atoms with Gasteiger partial charge in [-0.05, 0) is 34.1 Å². The summed E-state index contributed by atoms with van der Waals surface area (Å²) in [5, 5.41) is 0. The minimum absolute atomic E-state index is 0.436. The standard InChI is InChI=1S/C9H9BrClNO/c10-8-3-2-7(12)6-9(8)13-5-1-4-11/h1-4,6H,5,12H2/b4-1+. The van der Waals surface area contributed by atoms with Crippen LogP contribution in [0.15, 0.2) is 34.3 Å². The Morgan fingerprint density at radius 2 is 2.31 bits per heavy atom. The fourth-order valence-electron chi connectivity index (χ4n) is 0.805. The summed E-state index contributed by atoms with van der Waals surface area (Å²) in [5.74, 6) is 0.717. The Morgan fingerprint density at radius 1 is 1.54 bits per heavy atom. The lowest BCUT2D eigenvalue weighted by atomic mass is 10.3. The van der Waals surface area contributed by atoms with E-state index in [9.17, 15) is 0 Å². The van der Waals surface area contributed by atoms with Crippen molar-refractivity contribution in [3.05, 3.63) is 34.3 Å². The summed E-state index contributed by atoms with van der Waals surface area (Å²) in [5.41, 5.74) is 7.68. The van der Waals surface area contributed by atoms with Gasteiger partial charge in [0.25, 0.3) is 0 Å². The van der Waals surface area contributed by atoms with Crippen LogP contribution in [0.25, 0.3) is 0 Å². The molecule has 0 aromatic heterocycles. The molecule has 0 aliphatic carbocycles. The van der Waals surface area contributed by atoms with E-state index in [2.05, 4.69) is 15.9 Å². The van der Waals surface area contributed by atoms with Crippen LogP contribution in [0.5, 0.6) is 5.75 Å². The van der Waals surface area contributed by atoms with E-state index < -0.39 is 0 Å². The number of anilines is 1. The van der Waals surface area contributed by atoms with Crippen LogP contribution < -0.4 is 10.5 Å². The van der Waals surface area contributed by atoms with Crippen molar-refractivity contribution >= 4 is 33.2 Å². The minimum atomic E-state index is 0.436. The van der Waals surface area contributed by atoms with Crippen LogP contribution >= 0.6 is 27.5 Å². The maximum Gasteiger partial charge on any atom is 0.136 e. The van der Waals surface area contributed by atoms with Crippen LogP contribution in [-0.2, 0) is 0 Å². The zero-order chi connectivity index (χ0) is 9.68. The number of nitrogen functional groups attached to an aromatic ring is 1. The Kier molecular flexibility index (Phi) is 4.12. The van der Waals surface area contributed by atoms with Gasteiger partial charge < -0.3 is 10.5 Å². The molecule has 0 saturated carbocycles. The number of rotatable bonds is 3. The fourth-order valence-corrected chi connectivity index (χ4v) is 1.24. The van der Waals surface area contributed by atoms with Crippen LogP contribution in [-0.4, -0.2) is 6.61 Å². The van der Waals surface area contributed by atoms with E-state index in [4.69, 9.17) is 22.1 Å². The lowest BCUT2D eigenvalue weighted by Gasteiger charge is -2.05. The summed E-state index contributed by atoms with van der Waals surface area (Å²) in [6.45, 7) is 0.436. The minimum Gasteiger partial charge on any atom is -0.488 e. The zero-order valence-electron chi connectivity index (χ0n) is 6.84. The van der Waals surface area contributed by atoms with Crippen LogP contribution in [0.3, 0.4) is 0 Å². The van der Waals surface area contributed by atoms with Gasteiger partial charge in [-0.1, -0.05) is 11.6 Å². The Morgan fingerprint density at radius 3 is 3.00 bits per heavy atom. The first-order valence-corrected chi connectivity index (χ1v) is 4.90. The Labute approximate surface area is 90.5 Å². The summed E-state index contributed by atoms with van der Waals surface area (Å²) in [6, 6.07) is 5.40. The van der Waals surface area contributed by atoms with E-state index in [1.807, 2.05) is 6.07 Å². The number of nitrogens with two attached hydrogens (primary N) is 1. The fraction of sp³-hybridized carbons (Fsp3) is 0.111. The van der Waals surface area contributed by atoms with Gasteiger partial charge in [0.1, 0.15) is 12.4 Å². The van der Waals surface area contributed by atoms with Crippen molar-refractivity contribution in [1.82, 2.24) is 0 Å². The molecule has 0 fully saturated rings. The average Bonchev–Trinajstić information content (AvgIpc) is 2.11. The van der Waals surface area contributed by atoms with Crippen molar-refractivity contribution in [3.8, 4) is 5.75 Å². The molecular weight excluding hydrogens is 253 g/mol. The van der Waals surface area contributed by atoms with Gasteiger partial charge in [-0.25, -0.2) is 0 Å². The van der Waals surface area contributed by atoms with Crippen LogP contribution in [0.1, 0.15) is 0 Å². The molecule has 0 amide bonds. The van der Waals surface area contributed by atoms with Crippen LogP contribution in [0, 0.1) is 0 Å². The van der Waals surface area contributed by atoms with Crippen molar-refractivity contribution in [1.29, 1.82) is 0 Å². The van der Waals surface area contributed by atoms with Gasteiger partial charge in [-0.2, -0.15) is 0 Å². The van der Waals surface area contributed by atoms with E-state index in [1.165, 1.54) is 5.54 Å². The second-order valence-electron chi connectivity index (χ2n) is 2.36. The molecule has 70 valence electrons. The molecule has 0 bridgehead atoms. The molecule has 1 rings (SSSR count). The molecule has 13 heavy (non-hydrogen) atoms. The quantitative estimate of drug-likeness (QED) is 0.849. The third-order valence-electron chi connectivity index (χ3n) is 1.38. The number of benzene rings is 1. The molecular formula is C9H9BrClNO. The third-order valence-corrected chi connectivity index (χ3v) is 2.21. The molecule has 2 nitrogen and oxygen atoms in total. The van der Waals surface area contributed by atoms with E-state index in [0.717, 1.165) is 10.2 Å². The van der Waals surface area contributed by atoms with Crippen molar-refractivity contribution < 1.29 is 4.74 Å². The molecule has 0 aliphatic heterocycles. The van der Waals surface area contributed by atoms with Crippen LogP contribution in [0.4, 0.5) is 5.69 Å². The molecule has 0 aliphatic rings. The molecule has 0 unspecified atom stereocenters. The molecule has 0 heterocycles. The molecule has 0 radical (unpaired) electrons. The predicted octanol–water partition coefficient (Wildman–Crippen LogP) is 3.16. The Balaban J connectivity index is 2.69. The van der Waals surface area contributed by atoms with Crippen molar-refractivity contribution in [2.45, 2.75) is 0 Å². The summed E-state index contributed by atoms with van der Waals surface area (Å²) in [7, 11) is 0. The Bertz CT molecular complexity index is 314. The monoisotopic (exact) mass is 261 g/mol. The zero-order valence-corrected chi connectivity index (χ0v) is 9.18. The third kappa shape index (κ3) is 3.28. The molecule has 1 aromatic carbocycles. The van der Waals surface area contributed by atoms with E-state index in [1.54, 1.807) is 18.2 Å². The molecule has 0 saturated heterocycles. The van der Waals surface area contributed by atoms with E-state index >= 15 is 0 Å². The number of ether oxygens (including phenoxy) is 1. The molecule has 2 N–H and O–H groups in total. The van der Waals surface area contributed by atoms with Crippen LogP contribution in [0.2, 0.25) is 0 Å². The highest BCUT2D eigenvalue weighted by Gasteiger charge is 1.99. The van der Waals surface area contributed by atoms with Crippen molar-refractivity contribution in [2.24, 2.45) is 0 Å². The van der Waals surface area contributed by atoms with Gasteiger partial charge in [0.15, 0.2) is 0 Å². The summed E-state index contributed by atoms with van der Waals surface area (Å²) >= 11 is 8.69. The second-order valence-corrected chi connectivity index (χ2v) is 3.47. The first-order valence-electron chi connectivity index (χ1n) is 3.67. The van der Waals surface area contributed by atoms with Gasteiger partial charge in [-0.15, -0.1) is 0 Å². The van der Waals surface area contributed by atoms with Gasteiger partial charge >= 0.3 is 0 Å². The summed E-state index contributed by atoms with van der Waals surface area (Å²) in [6.07, 6.45) is 1.71. The highest BCUT2D eigenvalue weighted by Crippen LogP contribution is 2.26. The average molecular weight is 263 g/mol. The molecule has 1 aromatic rings. The van der Waals surface area contributed by atoms with E-state index in [0.29, 0.717) is 12.3 Å². The maximum atomic E-state index is 5.59. The smallest absolute Gasteiger partial charge is 0.136 e. The predicted molar refractivity (Wildman–Crippen MR) is 59.0 cm³/mol. The number of halogens is 2. The van der Waals surface area contributed by atoms with Crippen molar-refractivity contribution in [2.75, 3.05) is 12.3 Å². The highest BCUT2D eigenvalue weighted by molar-refractivity contribution is 9.10. The Hall–Kier alpha value is -0.670. The number of hydrogen-bond acceptors (Lipinski definition) is 2. The maximum absolute atomic E-state index is 5.59. The summed E-state index contributed by atoms with van der Waals surface area (Å²) < 4.78 is 6.24. The lowest BCUT2D eigenvalue weighted by Crippen LogP contribution is -1.95.